The van der Waals surface area contributed by atoms with E-state index >= 15 is 0 Å². The molecule has 0 aliphatic carbocycles. The molecule has 0 aromatic carbocycles. The molecular weight excluding hydrogens is 651 g/mol. The van der Waals surface area contributed by atoms with Crippen molar-refractivity contribution >= 4 is 11.9 Å². The first-order valence-electron chi connectivity index (χ1n) is 12.6. The monoisotopic (exact) mass is 685 g/mol. The lowest BCUT2D eigenvalue weighted by atomic mass is 9.93. The highest BCUT2D eigenvalue weighted by Crippen LogP contribution is 2.60. The van der Waals surface area contributed by atoms with Crippen LogP contribution in [0.2, 0.25) is 0 Å². The van der Waals surface area contributed by atoms with Crippen LogP contribution in [0.15, 0.2) is 0 Å². The summed E-state index contributed by atoms with van der Waals surface area (Å²) in [5, 5.41) is 9.99. The molecule has 0 heterocycles. The van der Waals surface area contributed by atoms with Crippen LogP contribution in [0.5, 0.6) is 0 Å². The van der Waals surface area contributed by atoms with Gasteiger partial charge in [0.15, 0.2) is 0 Å². The topological polar surface area (TPSA) is 149 Å². The number of carbonyl (C=O) groups excluding carboxylic acids is 2. The SMILES string of the molecule is O=C([O-])CCC(=O)OCCC(F)(F)C(F)(F)C(F)(F)C(F)(F)C(F)(F)C(F)(F)F.[NH3+]CCCOCCOCCOCCC[NH3+]. The van der Waals surface area contributed by atoms with E-state index in [1.807, 2.05) is 0 Å². The van der Waals surface area contributed by atoms with Crippen LogP contribution in [0, 0.1) is 0 Å². The smallest absolute Gasteiger partial charge is 0.460 e. The Bertz CT molecular complexity index is 821. The van der Waals surface area contributed by atoms with Crippen molar-refractivity contribution in [1.82, 2.24) is 0 Å². The lowest BCUT2D eigenvalue weighted by molar-refractivity contribution is -0.440. The lowest BCUT2D eigenvalue weighted by Gasteiger charge is -2.39. The van der Waals surface area contributed by atoms with Crippen molar-refractivity contribution in [3.05, 3.63) is 0 Å². The second-order valence-electron chi connectivity index (χ2n) is 8.59. The second kappa shape index (κ2) is 19.4. The largest absolute Gasteiger partial charge is 0.550 e. The zero-order chi connectivity index (χ0) is 34.9. The maximum absolute atomic E-state index is 13.3. The van der Waals surface area contributed by atoms with Gasteiger partial charge in [0, 0.05) is 18.8 Å². The van der Waals surface area contributed by atoms with Crippen LogP contribution < -0.4 is 16.6 Å². The van der Waals surface area contributed by atoms with Crippen molar-refractivity contribution < 1.29 is 102 Å². The fraction of sp³-hybridized carbons (Fsp3) is 0.909. The number of ether oxygens (including phenoxy) is 4. The predicted octanol–water partition coefficient (Wildman–Crippen LogP) is 1.49. The van der Waals surface area contributed by atoms with Gasteiger partial charge in [0.05, 0.1) is 72.2 Å². The number of rotatable bonds is 22. The highest BCUT2D eigenvalue weighted by atomic mass is 19.4. The van der Waals surface area contributed by atoms with Crippen molar-refractivity contribution in [2.24, 2.45) is 0 Å². The summed E-state index contributed by atoms with van der Waals surface area (Å²) in [4.78, 5) is 20.8. The number of hydrogen-bond acceptors (Lipinski definition) is 7. The molecule has 0 rings (SSSR count). The highest BCUT2D eigenvalue weighted by Gasteiger charge is 2.90. The molecular formula is C22H34F13N2O7+. The van der Waals surface area contributed by atoms with Gasteiger partial charge in [-0.1, -0.05) is 0 Å². The summed E-state index contributed by atoms with van der Waals surface area (Å²) >= 11 is 0. The first-order valence-corrected chi connectivity index (χ1v) is 12.6. The summed E-state index contributed by atoms with van der Waals surface area (Å²) in [5.74, 6) is -41.1. The van der Waals surface area contributed by atoms with Gasteiger partial charge in [-0.3, -0.25) is 4.79 Å². The number of esters is 1. The summed E-state index contributed by atoms with van der Waals surface area (Å²) < 4.78 is 186. The summed E-state index contributed by atoms with van der Waals surface area (Å²) in [5.41, 5.74) is 7.47. The minimum absolute atomic E-state index is 0.649. The van der Waals surface area contributed by atoms with Crippen LogP contribution in [0.25, 0.3) is 0 Å². The van der Waals surface area contributed by atoms with E-state index in [9.17, 15) is 71.8 Å². The maximum atomic E-state index is 13.3. The van der Waals surface area contributed by atoms with E-state index in [-0.39, 0.29) is 0 Å². The normalized spacial score (nSPS) is 13.3. The Labute approximate surface area is 242 Å². The van der Waals surface area contributed by atoms with Gasteiger partial charge in [-0.15, -0.1) is 0 Å². The standard InChI is InChI=1S/C12H9F13O4.C10H24N2O3/c13-7(14,3-4-29-6(28)2-1-5(26)27)8(15,16)9(17,18)10(19,20)11(21,22)12(23,24)25;11-3-1-5-13-7-9-15-10-8-14-6-2-4-12/h1-4H2,(H,26,27);1-12H2/p+1. The zero-order valence-corrected chi connectivity index (χ0v) is 23.1. The Hall–Kier alpha value is -2.17. The van der Waals surface area contributed by atoms with Crippen LogP contribution in [0.4, 0.5) is 57.1 Å². The van der Waals surface area contributed by atoms with Crippen LogP contribution >= 0.6 is 0 Å². The molecule has 0 unspecified atom stereocenters. The molecule has 0 aromatic heterocycles. The zero-order valence-electron chi connectivity index (χ0n) is 23.1. The summed E-state index contributed by atoms with van der Waals surface area (Å²) in [6, 6.07) is 0. The third-order valence-electron chi connectivity index (χ3n) is 5.03. The molecule has 0 amide bonds. The average molecular weight is 685 g/mol. The fourth-order valence-electron chi connectivity index (χ4n) is 2.48. The Kier molecular flexibility index (Phi) is 19.3. The number of carboxylic acids is 1. The molecule has 9 nitrogen and oxygen atoms in total. The molecule has 0 spiro atoms. The molecule has 6 N–H and O–H groups in total. The Morgan fingerprint density at radius 1 is 0.545 bits per heavy atom. The van der Waals surface area contributed by atoms with Crippen LogP contribution in [-0.2, 0) is 28.5 Å². The van der Waals surface area contributed by atoms with Gasteiger partial charge in [-0.2, -0.15) is 57.1 Å². The minimum Gasteiger partial charge on any atom is -0.550 e. The third-order valence-corrected chi connectivity index (χ3v) is 5.03. The number of halogens is 13. The van der Waals surface area contributed by atoms with E-state index in [1.54, 1.807) is 0 Å². The van der Waals surface area contributed by atoms with Gasteiger partial charge in [0.25, 0.3) is 0 Å². The molecule has 0 aromatic rings. The van der Waals surface area contributed by atoms with Crippen molar-refractivity contribution in [2.45, 2.75) is 67.9 Å². The van der Waals surface area contributed by atoms with Gasteiger partial charge in [0.1, 0.15) is 0 Å². The van der Waals surface area contributed by atoms with E-state index in [0.717, 1.165) is 39.1 Å². The molecule has 0 saturated heterocycles. The van der Waals surface area contributed by atoms with E-state index in [4.69, 9.17) is 14.2 Å². The van der Waals surface area contributed by atoms with Crippen LogP contribution in [0.3, 0.4) is 0 Å². The predicted molar refractivity (Wildman–Crippen MR) is 118 cm³/mol. The van der Waals surface area contributed by atoms with Crippen LogP contribution in [-0.4, -0.2) is 107 Å². The molecule has 0 fully saturated rings. The minimum atomic E-state index is -8.00. The van der Waals surface area contributed by atoms with Gasteiger partial charge in [0.2, 0.25) is 0 Å². The van der Waals surface area contributed by atoms with Crippen molar-refractivity contribution in [3.8, 4) is 0 Å². The number of carbonyl (C=O) groups is 2. The summed E-state index contributed by atoms with van der Waals surface area (Å²) in [7, 11) is 0. The molecule has 0 aliphatic rings. The van der Waals surface area contributed by atoms with E-state index in [1.165, 1.54) is 0 Å². The van der Waals surface area contributed by atoms with E-state index < -0.39 is 73.6 Å². The van der Waals surface area contributed by atoms with Crippen molar-refractivity contribution in [2.75, 3.05) is 59.3 Å². The number of hydrogen-bond donors (Lipinski definition) is 2. The quantitative estimate of drug-likeness (QED) is 0.0997. The Morgan fingerprint density at radius 2 is 0.932 bits per heavy atom. The molecule has 0 aliphatic heterocycles. The maximum Gasteiger partial charge on any atom is 0.460 e. The van der Waals surface area contributed by atoms with Crippen molar-refractivity contribution in [3.63, 3.8) is 0 Å². The molecule has 22 heteroatoms. The first kappa shape index (κ1) is 44.0. The molecule has 0 atom stereocenters. The van der Waals surface area contributed by atoms with Crippen LogP contribution in [0.1, 0.15) is 32.1 Å². The van der Waals surface area contributed by atoms with E-state index in [0.29, 0.717) is 26.4 Å². The van der Waals surface area contributed by atoms with Gasteiger partial charge in [-0.25, -0.2) is 0 Å². The number of quaternary nitrogens is 2. The highest BCUT2D eigenvalue weighted by molar-refractivity contribution is 5.75. The molecule has 0 bridgehead atoms. The lowest BCUT2D eigenvalue weighted by Crippen LogP contribution is -2.70. The number of carboxylic acid groups (broad SMARTS) is 1. The Balaban J connectivity index is 0. The van der Waals surface area contributed by atoms with Gasteiger partial charge in [-0.05, 0) is 6.42 Å². The molecule has 44 heavy (non-hydrogen) atoms. The third kappa shape index (κ3) is 13.4. The van der Waals surface area contributed by atoms with E-state index in [2.05, 4.69) is 16.2 Å². The van der Waals surface area contributed by atoms with Gasteiger partial charge >= 0.3 is 41.8 Å². The first-order chi connectivity index (χ1) is 20.0. The molecule has 0 saturated carbocycles. The summed E-state index contributed by atoms with van der Waals surface area (Å²) in [6.45, 7) is 4.14. The van der Waals surface area contributed by atoms with Crippen molar-refractivity contribution in [1.29, 1.82) is 0 Å². The number of alkyl halides is 13. The summed E-state index contributed by atoms with van der Waals surface area (Å²) in [6.07, 6.45) is -10.3. The fourth-order valence-corrected chi connectivity index (χ4v) is 2.48. The second-order valence-corrected chi connectivity index (χ2v) is 8.59. The molecule has 264 valence electrons. The molecule has 0 radical (unpaired) electrons. The number of aliphatic carboxylic acids is 1. The Morgan fingerprint density at radius 3 is 1.30 bits per heavy atom. The van der Waals surface area contributed by atoms with Gasteiger partial charge < -0.3 is 40.3 Å². The average Bonchev–Trinajstić information content (AvgIpc) is 2.89.